The molecule has 0 radical (unpaired) electrons. The molecule has 0 heterocycles. The van der Waals surface area contributed by atoms with Crippen LogP contribution in [0.5, 0.6) is 0 Å². The first-order valence-electron chi connectivity index (χ1n) is 17.6. The Balaban J connectivity index is 3.35. The molecule has 0 aromatic heterocycles. The van der Waals surface area contributed by atoms with E-state index < -0.39 is 15.6 Å². The number of hydrogen-bond donors (Lipinski definition) is 0. The van der Waals surface area contributed by atoms with Crippen LogP contribution in [-0.2, 0) is 17.2 Å². The van der Waals surface area contributed by atoms with E-state index in [0.29, 0.717) is 12.8 Å². The van der Waals surface area contributed by atoms with Crippen LogP contribution in [0.4, 0.5) is 0 Å². The number of rotatable bonds is 32. The van der Waals surface area contributed by atoms with Gasteiger partial charge in [-0.25, -0.2) is 0 Å². The SMILES string of the molecule is CCCCCCCC/C=C\CCCCCCCC(=O)O[Se]OC(=O)CCCCCCC/C=C\CCCCCCCC. The van der Waals surface area contributed by atoms with E-state index in [0.717, 1.165) is 38.5 Å². The van der Waals surface area contributed by atoms with Gasteiger partial charge in [-0.15, -0.1) is 0 Å². The number of hydrogen-bond acceptors (Lipinski definition) is 4. The molecule has 0 saturated heterocycles. The minimum absolute atomic E-state index is 0.239. The van der Waals surface area contributed by atoms with Crippen LogP contribution in [-0.4, -0.2) is 27.6 Å². The fourth-order valence-corrected chi connectivity index (χ4v) is 5.60. The Hall–Kier alpha value is -1.06. The van der Waals surface area contributed by atoms with E-state index in [-0.39, 0.29) is 11.9 Å². The predicted octanol–water partition coefficient (Wildman–Crippen LogP) is 11.7. The van der Waals surface area contributed by atoms with Gasteiger partial charge >= 0.3 is 172 Å². The van der Waals surface area contributed by atoms with E-state index in [4.69, 9.17) is 7.64 Å². The van der Waals surface area contributed by atoms with Crippen molar-refractivity contribution < 1.29 is 17.2 Å². The van der Waals surface area contributed by atoms with Crippen molar-refractivity contribution in [2.75, 3.05) is 0 Å². The van der Waals surface area contributed by atoms with Gasteiger partial charge in [0.15, 0.2) is 0 Å². The van der Waals surface area contributed by atoms with Crippen molar-refractivity contribution in [1.29, 1.82) is 0 Å². The van der Waals surface area contributed by atoms with Crippen LogP contribution < -0.4 is 0 Å². The first-order valence-corrected chi connectivity index (χ1v) is 19.0. The molecule has 41 heavy (non-hydrogen) atoms. The summed E-state index contributed by atoms with van der Waals surface area (Å²) in [5.41, 5.74) is 0. The molecule has 0 aromatic carbocycles. The second-order valence-electron chi connectivity index (χ2n) is 11.6. The molecule has 0 spiro atoms. The Kier molecular flexibility index (Phi) is 34.2. The molecule has 240 valence electrons. The third-order valence-corrected chi connectivity index (χ3v) is 8.60. The molecule has 0 N–H and O–H groups in total. The van der Waals surface area contributed by atoms with Gasteiger partial charge < -0.3 is 0 Å². The second kappa shape index (κ2) is 35.1. The summed E-state index contributed by atoms with van der Waals surface area (Å²) in [5, 5.41) is 0. The fraction of sp³-hybridized carbons (Fsp3) is 0.833. The molecular formula is C36H66O4Se. The molecule has 0 aliphatic heterocycles. The van der Waals surface area contributed by atoms with E-state index in [1.165, 1.54) is 128 Å². The molecule has 4 nitrogen and oxygen atoms in total. The van der Waals surface area contributed by atoms with Crippen LogP contribution in [0.2, 0.25) is 0 Å². The molecule has 0 atom stereocenters. The first-order chi connectivity index (χ1) is 20.2. The van der Waals surface area contributed by atoms with Crippen molar-refractivity contribution in [2.24, 2.45) is 0 Å². The summed E-state index contributed by atoms with van der Waals surface area (Å²) < 4.78 is 10.3. The summed E-state index contributed by atoms with van der Waals surface area (Å²) in [4.78, 5) is 23.7. The second-order valence-corrected chi connectivity index (χ2v) is 12.6. The van der Waals surface area contributed by atoms with Crippen molar-refractivity contribution >= 4 is 27.6 Å². The number of carbonyl (C=O) groups excluding carboxylic acids is 2. The summed E-state index contributed by atoms with van der Waals surface area (Å²) in [6.45, 7) is 4.53. The molecule has 0 rings (SSSR count). The first kappa shape index (κ1) is 39.9. The Morgan fingerprint density at radius 2 is 0.683 bits per heavy atom. The van der Waals surface area contributed by atoms with Gasteiger partial charge in [0, 0.05) is 0 Å². The zero-order chi connectivity index (χ0) is 29.9. The molecule has 0 aliphatic rings. The van der Waals surface area contributed by atoms with Gasteiger partial charge in [0.1, 0.15) is 0 Å². The Morgan fingerprint density at radius 3 is 1.00 bits per heavy atom. The van der Waals surface area contributed by atoms with Gasteiger partial charge in [-0.3, -0.25) is 0 Å². The van der Waals surface area contributed by atoms with E-state index in [1.807, 2.05) is 0 Å². The molecule has 0 aromatic rings. The molecule has 0 amide bonds. The van der Waals surface area contributed by atoms with Crippen molar-refractivity contribution in [3.8, 4) is 0 Å². The Labute approximate surface area is 262 Å². The van der Waals surface area contributed by atoms with Gasteiger partial charge in [0.05, 0.1) is 0 Å². The standard InChI is InChI=1S/C36H66O4Se/c1-3-5-7-9-11-13-15-17-19-21-23-25-27-29-31-33-35(37)39-41-40-36(38)34-32-30-28-26-24-22-20-18-16-14-12-10-8-6-4-2/h17-20H,3-16,21-34H2,1-2H3/b19-17-,20-18-. The van der Waals surface area contributed by atoms with Crippen LogP contribution in [0, 0.1) is 0 Å². The van der Waals surface area contributed by atoms with E-state index in [1.54, 1.807) is 0 Å². The average Bonchev–Trinajstić information content (AvgIpc) is 2.97. The summed E-state index contributed by atoms with van der Waals surface area (Å²) in [6.07, 6.45) is 42.4. The fourth-order valence-electron chi connectivity index (χ4n) is 4.86. The van der Waals surface area contributed by atoms with Gasteiger partial charge in [-0.05, 0) is 12.8 Å². The summed E-state index contributed by atoms with van der Waals surface area (Å²) >= 11 is -0.822. The smallest absolute Gasteiger partial charge is 0.0654 e. The van der Waals surface area contributed by atoms with Gasteiger partial charge in [0.25, 0.3) is 0 Å². The third kappa shape index (κ3) is 35.0. The van der Waals surface area contributed by atoms with E-state index in [9.17, 15) is 9.59 Å². The quantitative estimate of drug-likeness (QED) is 0.0417. The number of carbonyl (C=O) groups is 2. The van der Waals surface area contributed by atoms with Crippen LogP contribution in [0.15, 0.2) is 24.3 Å². The van der Waals surface area contributed by atoms with E-state index in [2.05, 4.69) is 38.2 Å². The molecule has 0 fully saturated rings. The monoisotopic (exact) mass is 642 g/mol. The van der Waals surface area contributed by atoms with Crippen LogP contribution in [0.1, 0.15) is 194 Å². The maximum atomic E-state index is 11.9. The van der Waals surface area contributed by atoms with Crippen molar-refractivity contribution in [1.82, 2.24) is 0 Å². The molecular weight excluding hydrogens is 575 g/mol. The van der Waals surface area contributed by atoms with Gasteiger partial charge in [-0.2, -0.15) is 0 Å². The zero-order valence-electron chi connectivity index (χ0n) is 27.1. The topological polar surface area (TPSA) is 52.6 Å². The Morgan fingerprint density at radius 1 is 0.415 bits per heavy atom. The summed E-state index contributed by atoms with van der Waals surface area (Å²) in [6, 6.07) is 0. The molecule has 0 unspecified atom stereocenters. The van der Waals surface area contributed by atoms with Gasteiger partial charge in [-0.1, -0.05) is 78.1 Å². The molecule has 0 saturated carbocycles. The minimum atomic E-state index is -0.822. The average molecular weight is 642 g/mol. The Bertz CT molecular complexity index is 565. The summed E-state index contributed by atoms with van der Waals surface area (Å²) in [5.74, 6) is -0.479. The summed E-state index contributed by atoms with van der Waals surface area (Å²) in [7, 11) is 0. The maximum absolute atomic E-state index is 11.9. The van der Waals surface area contributed by atoms with Crippen molar-refractivity contribution in [3.05, 3.63) is 24.3 Å². The van der Waals surface area contributed by atoms with Crippen molar-refractivity contribution in [3.63, 3.8) is 0 Å². The van der Waals surface area contributed by atoms with Crippen LogP contribution in [0.3, 0.4) is 0 Å². The van der Waals surface area contributed by atoms with Crippen molar-refractivity contribution in [2.45, 2.75) is 194 Å². The third-order valence-electron chi connectivity index (χ3n) is 7.54. The van der Waals surface area contributed by atoms with Gasteiger partial charge in [0.2, 0.25) is 0 Å². The molecule has 0 aliphatic carbocycles. The predicted molar refractivity (Wildman–Crippen MR) is 177 cm³/mol. The normalized spacial score (nSPS) is 11.6. The minimum Gasteiger partial charge on any atom is -0.0654 e. The zero-order valence-corrected chi connectivity index (χ0v) is 28.9. The number of allylic oxidation sites excluding steroid dienone is 4. The molecule has 0 bridgehead atoms. The van der Waals surface area contributed by atoms with Crippen LogP contribution in [0.25, 0.3) is 0 Å². The molecule has 5 heteroatoms. The van der Waals surface area contributed by atoms with Crippen LogP contribution >= 0.6 is 0 Å². The van der Waals surface area contributed by atoms with E-state index >= 15 is 0 Å². The number of unbranched alkanes of at least 4 members (excludes halogenated alkanes) is 22.